The van der Waals surface area contributed by atoms with Gasteiger partial charge in [-0.05, 0) is 54.7 Å². The summed E-state index contributed by atoms with van der Waals surface area (Å²) in [5.41, 5.74) is 4.73. The third-order valence-electron chi connectivity index (χ3n) is 5.69. The molecule has 1 atom stereocenters. The normalized spacial score (nSPS) is 13.2. The maximum Gasteiger partial charge on any atom is 0.407 e. The van der Waals surface area contributed by atoms with Crippen LogP contribution in [0.2, 0.25) is 0 Å². The summed E-state index contributed by atoms with van der Waals surface area (Å²) in [6.45, 7) is 5.40. The van der Waals surface area contributed by atoms with E-state index < -0.39 is 23.7 Å². The van der Waals surface area contributed by atoms with Gasteiger partial charge in [-0.15, -0.1) is 0 Å². The van der Waals surface area contributed by atoms with Crippen molar-refractivity contribution in [1.82, 2.24) is 10.3 Å². The Kier molecular flexibility index (Phi) is 6.83. The number of hydrogen-bond acceptors (Lipinski definition) is 6. The second kappa shape index (κ2) is 9.98. The van der Waals surface area contributed by atoms with Crippen molar-refractivity contribution in [3.63, 3.8) is 0 Å². The van der Waals surface area contributed by atoms with Gasteiger partial charge in [0, 0.05) is 24.7 Å². The van der Waals surface area contributed by atoms with Gasteiger partial charge in [-0.1, -0.05) is 48.5 Å². The molecule has 1 aliphatic carbocycles. The zero-order chi connectivity index (χ0) is 25.0. The molecule has 1 aliphatic rings. The molecule has 0 fully saturated rings. The molecule has 1 amide bonds. The average molecular weight is 470 g/mol. The molecule has 3 aromatic rings. The van der Waals surface area contributed by atoms with E-state index in [1.54, 1.807) is 33.0 Å². The number of carbonyl (C=O) groups is 2. The number of nitriles is 1. The van der Waals surface area contributed by atoms with Crippen LogP contribution in [0.3, 0.4) is 0 Å². The van der Waals surface area contributed by atoms with E-state index >= 15 is 0 Å². The Hall–Kier alpha value is -4.18. The minimum atomic E-state index is -0.999. The molecular weight excluding hydrogens is 442 g/mol. The van der Waals surface area contributed by atoms with Crippen LogP contribution in [0, 0.1) is 11.3 Å². The van der Waals surface area contributed by atoms with Crippen molar-refractivity contribution in [3.05, 3.63) is 89.2 Å². The topological polar surface area (TPSA) is 101 Å². The Morgan fingerprint density at radius 1 is 1.06 bits per heavy atom. The second-order valence-electron chi connectivity index (χ2n) is 9.45. The average Bonchev–Trinajstić information content (AvgIpc) is 3.15. The van der Waals surface area contributed by atoms with Crippen LogP contribution in [-0.4, -0.2) is 35.3 Å². The van der Waals surface area contributed by atoms with Crippen LogP contribution in [-0.2, 0) is 20.7 Å². The number of aromatic nitrogens is 1. The van der Waals surface area contributed by atoms with Gasteiger partial charge in [0.25, 0.3) is 0 Å². The molecule has 0 aliphatic heterocycles. The van der Waals surface area contributed by atoms with Crippen molar-refractivity contribution in [3.8, 4) is 17.2 Å². The first-order valence-corrected chi connectivity index (χ1v) is 11.4. The second-order valence-corrected chi connectivity index (χ2v) is 9.45. The van der Waals surface area contributed by atoms with Crippen LogP contribution in [0.25, 0.3) is 11.1 Å². The van der Waals surface area contributed by atoms with E-state index in [1.165, 1.54) is 6.20 Å². The number of ether oxygens (including phenoxy) is 2. The molecule has 0 saturated heterocycles. The van der Waals surface area contributed by atoms with Crippen LogP contribution in [0.4, 0.5) is 4.79 Å². The monoisotopic (exact) mass is 469 g/mol. The predicted octanol–water partition coefficient (Wildman–Crippen LogP) is 4.74. The van der Waals surface area contributed by atoms with E-state index in [2.05, 4.69) is 22.4 Å². The lowest BCUT2D eigenvalue weighted by atomic mass is 9.98. The molecule has 0 bridgehead atoms. The van der Waals surface area contributed by atoms with Gasteiger partial charge >= 0.3 is 12.1 Å². The molecule has 35 heavy (non-hydrogen) atoms. The predicted molar refractivity (Wildman–Crippen MR) is 130 cm³/mol. The van der Waals surface area contributed by atoms with Gasteiger partial charge in [-0.2, -0.15) is 5.26 Å². The standard InChI is InChI=1S/C28H27N3O4/c1-28(2,3)35-26(32)25(13-18-12-19(14-29)16-30-15-18)31-27(33)34-17-24-22-10-6-4-8-20(22)21-9-5-7-11-23(21)24/h4-12,15-16,24-25H,13,17H2,1-3H3,(H,31,33)/t25-/m0/s1. The SMILES string of the molecule is CC(C)(C)OC(=O)[C@H](Cc1cncc(C#N)c1)NC(=O)OCC1c2ccccc2-c2ccccc21. The van der Waals surface area contributed by atoms with Crippen molar-refractivity contribution in [2.45, 2.75) is 44.8 Å². The van der Waals surface area contributed by atoms with Crippen LogP contribution in [0.1, 0.15) is 48.9 Å². The van der Waals surface area contributed by atoms with Crippen molar-refractivity contribution in [2.24, 2.45) is 0 Å². The fourth-order valence-electron chi connectivity index (χ4n) is 4.24. The van der Waals surface area contributed by atoms with Crippen molar-refractivity contribution in [1.29, 1.82) is 5.26 Å². The first-order chi connectivity index (χ1) is 16.7. The molecule has 2 aromatic carbocycles. The summed E-state index contributed by atoms with van der Waals surface area (Å²) >= 11 is 0. The summed E-state index contributed by atoms with van der Waals surface area (Å²) < 4.78 is 11.1. The van der Waals surface area contributed by atoms with Gasteiger partial charge in [0.2, 0.25) is 0 Å². The van der Waals surface area contributed by atoms with Crippen LogP contribution in [0.5, 0.6) is 0 Å². The number of carbonyl (C=O) groups excluding carboxylic acids is 2. The lowest BCUT2D eigenvalue weighted by Gasteiger charge is -2.24. The van der Waals surface area contributed by atoms with E-state index in [4.69, 9.17) is 14.7 Å². The quantitative estimate of drug-likeness (QED) is 0.523. The van der Waals surface area contributed by atoms with E-state index in [0.717, 1.165) is 22.3 Å². The zero-order valence-corrected chi connectivity index (χ0v) is 19.9. The number of rotatable bonds is 6. The van der Waals surface area contributed by atoms with Gasteiger partial charge in [-0.3, -0.25) is 4.98 Å². The Balaban J connectivity index is 1.48. The largest absolute Gasteiger partial charge is 0.458 e. The summed E-state index contributed by atoms with van der Waals surface area (Å²) in [5, 5.41) is 11.8. The lowest BCUT2D eigenvalue weighted by Crippen LogP contribution is -2.46. The molecule has 0 unspecified atom stereocenters. The number of alkyl carbamates (subject to hydrolysis) is 1. The fraction of sp³-hybridized carbons (Fsp3) is 0.286. The number of amides is 1. The fourth-order valence-corrected chi connectivity index (χ4v) is 4.24. The maximum atomic E-state index is 12.9. The number of esters is 1. The van der Waals surface area contributed by atoms with Crippen LogP contribution < -0.4 is 5.32 Å². The van der Waals surface area contributed by atoms with Crippen molar-refractivity contribution >= 4 is 12.1 Å². The molecular formula is C28H27N3O4. The number of fused-ring (bicyclic) bond motifs is 3. The first-order valence-electron chi connectivity index (χ1n) is 11.4. The first kappa shape index (κ1) is 24.0. The van der Waals surface area contributed by atoms with Crippen molar-refractivity contribution in [2.75, 3.05) is 6.61 Å². The van der Waals surface area contributed by atoms with E-state index in [1.807, 2.05) is 42.5 Å². The highest BCUT2D eigenvalue weighted by Crippen LogP contribution is 2.44. The van der Waals surface area contributed by atoms with Gasteiger partial charge in [0.05, 0.1) is 5.56 Å². The minimum absolute atomic E-state index is 0.0929. The molecule has 4 rings (SSSR count). The number of nitrogens with one attached hydrogen (secondary N) is 1. The zero-order valence-electron chi connectivity index (χ0n) is 19.9. The van der Waals surface area contributed by atoms with E-state index in [0.29, 0.717) is 11.1 Å². The van der Waals surface area contributed by atoms with Gasteiger partial charge in [0.1, 0.15) is 24.3 Å². The molecule has 1 heterocycles. The lowest BCUT2D eigenvalue weighted by molar-refractivity contribution is -0.157. The highest BCUT2D eigenvalue weighted by Gasteiger charge is 2.31. The summed E-state index contributed by atoms with van der Waals surface area (Å²) in [4.78, 5) is 29.7. The minimum Gasteiger partial charge on any atom is -0.458 e. The number of nitrogens with zero attached hydrogens (tertiary/aromatic N) is 2. The number of pyridine rings is 1. The van der Waals surface area contributed by atoms with Gasteiger partial charge in [-0.25, -0.2) is 9.59 Å². The third-order valence-corrected chi connectivity index (χ3v) is 5.69. The molecule has 7 nitrogen and oxygen atoms in total. The number of benzene rings is 2. The Bertz CT molecular complexity index is 1240. The highest BCUT2D eigenvalue weighted by atomic mass is 16.6. The summed E-state index contributed by atoms with van der Waals surface area (Å²) in [6.07, 6.45) is 2.39. The molecule has 1 aromatic heterocycles. The highest BCUT2D eigenvalue weighted by molar-refractivity contribution is 5.82. The number of hydrogen-bond donors (Lipinski definition) is 1. The Morgan fingerprint density at radius 3 is 2.29 bits per heavy atom. The Morgan fingerprint density at radius 2 is 1.69 bits per heavy atom. The smallest absolute Gasteiger partial charge is 0.407 e. The molecule has 0 spiro atoms. The van der Waals surface area contributed by atoms with E-state index in [9.17, 15) is 9.59 Å². The molecule has 178 valence electrons. The third kappa shape index (κ3) is 5.67. The molecule has 0 radical (unpaired) electrons. The molecule has 7 heteroatoms. The van der Waals surface area contributed by atoms with Crippen LogP contribution in [0.15, 0.2) is 67.0 Å². The summed E-state index contributed by atoms with van der Waals surface area (Å²) in [5.74, 6) is -0.682. The maximum absolute atomic E-state index is 12.9. The molecule has 1 N–H and O–H groups in total. The van der Waals surface area contributed by atoms with Gasteiger partial charge < -0.3 is 14.8 Å². The Labute approximate surface area is 204 Å². The summed E-state index contributed by atoms with van der Waals surface area (Å²) in [6, 6.07) is 18.8. The van der Waals surface area contributed by atoms with Gasteiger partial charge in [0.15, 0.2) is 0 Å². The van der Waals surface area contributed by atoms with E-state index in [-0.39, 0.29) is 18.9 Å². The van der Waals surface area contributed by atoms with Crippen LogP contribution >= 0.6 is 0 Å². The molecule has 0 saturated carbocycles. The van der Waals surface area contributed by atoms with Crippen molar-refractivity contribution < 1.29 is 19.1 Å². The summed E-state index contributed by atoms with van der Waals surface area (Å²) in [7, 11) is 0.